The summed E-state index contributed by atoms with van der Waals surface area (Å²) in [6.07, 6.45) is 3.98. The fraction of sp³-hybridized carbons (Fsp3) is 0.571. The molecule has 1 aliphatic rings. The van der Waals surface area contributed by atoms with Crippen LogP contribution in [0.15, 0.2) is 18.3 Å². The zero-order chi connectivity index (χ0) is 13.7. The summed E-state index contributed by atoms with van der Waals surface area (Å²) in [7, 11) is 3.39. The van der Waals surface area contributed by atoms with Gasteiger partial charge in [-0.15, -0.1) is 0 Å². The summed E-state index contributed by atoms with van der Waals surface area (Å²) in [4.78, 5) is 18.1. The van der Waals surface area contributed by atoms with Gasteiger partial charge in [0.2, 0.25) is 0 Å². The molecule has 0 aromatic carbocycles. The molecule has 2 heterocycles. The first-order chi connectivity index (χ1) is 9.24. The van der Waals surface area contributed by atoms with Crippen LogP contribution >= 0.6 is 0 Å². The van der Waals surface area contributed by atoms with Crippen molar-refractivity contribution in [3.63, 3.8) is 0 Å². The molecule has 1 saturated heterocycles. The molecule has 0 saturated carbocycles. The lowest BCUT2D eigenvalue weighted by molar-refractivity contribution is 0.0600. The lowest BCUT2D eigenvalue weighted by atomic mass is 9.97. The topological polar surface area (TPSA) is 54.5 Å². The number of nitrogens with one attached hydrogen (secondary N) is 1. The number of hydrogen-bond donors (Lipinski definition) is 1. The van der Waals surface area contributed by atoms with Gasteiger partial charge in [-0.3, -0.25) is 0 Å². The molecule has 0 spiro atoms. The second-order valence-electron chi connectivity index (χ2n) is 4.88. The maximum absolute atomic E-state index is 11.5. The molecule has 0 bridgehead atoms. The van der Waals surface area contributed by atoms with E-state index in [-0.39, 0.29) is 5.97 Å². The molecule has 0 radical (unpaired) electrons. The van der Waals surface area contributed by atoms with Crippen molar-refractivity contribution in [3.05, 3.63) is 23.9 Å². The van der Waals surface area contributed by atoms with Gasteiger partial charge < -0.3 is 15.0 Å². The maximum Gasteiger partial charge on any atom is 0.338 e. The van der Waals surface area contributed by atoms with Crippen LogP contribution in [0.1, 0.15) is 23.2 Å². The Balaban J connectivity index is 2.01. The van der Waals surface area contributed by atoms with Gasteiger partial charge in [-0.05, 0) is 44.5 Å². The van der Waals surface area contributed by atoms with Crippen LogP contribution in [0.2, 0.25) is 0 Å². The van der Waals surface area contributed by atoms with Crippen molar-refractivity contribution in [2.45, 2.75) is 12.8 Å². The van der Waals surface area contributed by atoms with Gasteiger partial charge in [-0.1, -0.05) is 0 Å². The van der Waals surface area contributed by atoms with E-state index in [1.807, 2.05) is 13.1 Å². The van der Waals surface area contributed by atoms with E-state index in [1.165, 1.54) is 7.11 Å². The van der Waals surface area contributed by atoms with Crippen LogP contribution in [0.3, 0.4) is 0 Å². The number of anilines is 1. The van der Waals surface area contributed by atoms with Crippen LogP contribution in [-0.4, -0.2) is 44.7 Å². The predicted octanol–water partition coefficient (Wildman–Crippen LogP) is 1.30. The number of piperidine rings is 1. The van der Waals surface area contributed by atoms with E-state index in [2.05, 4.69) is 15.2 Å². The first kappa shape index (κ1) is 13.8. The highest BCUT2D eigenvalue weighted by atomic mass is 16.5. The van der Waals surface area contributed by atoms with Crippen LogP contribution in [0.4, 0.5) is 5.82 Å². The van der Waals surface area contributed by atoms with Crippen molar-refractivity contribution < 1.29 is 9.53 Å². The van der Waals surface area contributed by atoms with Gasteiger partial charge in [0.05, 0.1) is 12.7 Å². The number of pyridine rings is 1. The maximum atomic E-state index is 11.5. The average Bonchev–Trinajstić information content (AvgIpc) is 2.48. The number of ether oxygens (including phenoxy) is 1. The molecule has 19 heavy (non-hydrogen) atoms. The summed E-state index contributed by atoms with van der Waals surface area (Å²) in [5.74, 6) is 1.30. The van der Waals surface area contributed by atoms with Crippen LogP contribution in [0.5, 0.6) is 0 Å². The van der Waals surface area contributed by atoms with Gasteiger partial charge in [0, 0.05) is 19.3 Å². The highest BCUT2D eigenvalue weighted by molar-refractivity contribution is 5.90. The molecule has 2 rings (SSSR count). The van der Waals surface area contributed by atoms with Crippen molar-refractivity contribution in [3.8, 4) is 0 Å². The lowest BCUT2D eigenvalue weighted by Gasteiger charge is -2.32. The lowest BCUT2D eigenvalue weighted by Crippen LogP contribution is -2.37. The van der Waals surface area contributed by atoms with Gasteiger partial charge >= 0.3 is 5.97 Å². The largest absolute Gasteiger partial charge is 0.465 e. The third-order valence-electron chi connectivity index (χ3n) is 3.60. The van der Waals surface area contributed by atoms with E-state index < -0.39 is 0 Å². The SMILES string of the molecule is CNCC1CCN(c2cc(C(=O)OC)ccn2)CC1. The van der Waals surface area contributed by atoms with E-state index >= 15 is 0 Å². The van der Waals surface area contributed by atoms with Crippen molar-refractivity contribution in [1.29, 1.82) is 0 Å². The quantitative estimate of drug-likeness (QED) is 0.830. The summed E-state index contributed by atoms with van der Waals surface area (Å²) in [6.45, 7) is 3.05. The molecular weight excluding hydrogens is 242 g/mol. The van der Waals surface area contributed by atoms with Crippen LogP contribution < -0.4 is 10.2 Å². The van der Waals surface area contributed by atoms with Crippen LogP contribution in [0, 0.1) is 5.92 Å². The Bertz CT molecular complexity index is 428. The molecule has 0 unspecified atom stereocenters. The molecule has 104 valence electrons. The Labute approximate surface area is 114 Å². The van der Waals surface area contributed by atoms with Gasteiger partial charge in [0.1, 0.15) is 5.82 Å². The van der Waals surface area contributed by atoms with Crippen LogP contribution in [0.25, 0.3) is 0 Å². The number of carbonyl (C=O) groups is 1. The minimum atomic E-state index is -0.311. The Morgan fingerprint density at radius 1 is 1.53 bits per heavy atom. The Kier molecular flexibility index (Phi) is 4.74. The summed E-state index contributed by atoms with van der Waals surface area (Å²) in [5.41, 5.74) is 0.560. The molecule has 5 heteroatoms. The third-order valence-corrected chi connectivity index (χ3v) is 3.60. The Morgan fingerprint density at radius 2 is 2.26 bits per heavy atom. The first-order valence-corrected chi connectivity index (χ1v) is 6.68. The number of rotatable bonds is 4. The zero-order valence-electron chi connectivity index (χ0n) is 11.6. The molecule has 1 N–H and O–H groups in total. The van der Waals surface area contributed by atoms with Gasteiger partial charge in [0.15, 0.2) is 0 Å². The fourth-order valence-corrected chi connectivity index (χ4v) is 2.49. The number of esters is 1. The van der Waals surface area contributed by atoms with Crippen molar-refractivity contribution in [2.75, 3.05) is 38.7 Å². The van der Waals surface area contributed by atoms with Gasteiger partial charge in [-0.2, -0.15) is 0 Å². The van der Waals surface area contributed by atoms with E-state index in [4.69, 9.17) is 4.74 Å². The monoisotopic (exact) mass is 263 g/mol. The Hall–Kier alpha value is -1.62. The first-order valence-electron chi connectivity index (χ1n) is 6.68. The van der Waals surface area contributed by atoms with Crippen LogP contribution in [-0.2, 0) is 4.74 Å². The second kappa shape index (κ2) is 6.52. The van der Waals surface area contributed by atoms with E-state index in [0.29, 0.717) is 5.56 Å². The second-order valence-corrected chi connectivity index (χ2v) is 4.88. The fourth-order valence-electron chi connectivity index (χ4n) is 2.49. The number of aromatic nitrogens is 1. The number of hydrogen-bond acceptors (Lipinski definition) is 5. The minimum Gasteiger partial charge on any atom is -0.465 e. The number of carbonyl (C=O) groups excluding carboxylic acids is 1. The van der Waals surface area contributed by atoms with Crippen molar-refractivity contribution in [1.82, 2.24) is 10.3 Å². The standard InChI is InChI=1S/C14H21N3O2/c1-15-10-11-4-7-17(8-5-11)13-9-12(3-6-16-13)14(18)19-2/h3,6,9,11,15H,4-5,7-8,10H2,1-2H3. The van der Waals surface area contributed by atoms with Crippen molar-refractivity contribution in [2.24, 2.45) is 5.92 Å². The van der Waals surface area contributed by atoms with E-state index in [0.717, 1.165) is 44.2 Å². The Morgan fingerprint density at radius 3 is 2.89 bits per heavy atom. The predicted molar refractivity (Wildman–Crippen MR) is 74.4 cm³/mol. The molecule has 1 aliphatic heterocycles. The summed E-state index contributed by atoms with van der Waals surface area (Å²) < 4.78 is 4.73. The molecule has 0 aliphatic carbocycles. The molecular formula is C14H21N3O2. The third kappa shape index (κ3) is 3.44. The van der Waals surface area contributed by atoms with E-state index in [9.17, 15) is 4.79 Å². The highest BCUT2D eigenvalue weighted by Crippen LogP contribution is 2.22. The summed E-state index contributed by atoms with van der Waals surface area (Å²) in [6, 6.07) is 3.49. The molecule has 0 amide bonds. The van der Waals surface area contributed by atoms with Gasteiger partial charge in [-0.25, -0.2) is 9.78 Å². The minimum absolute atomic E-state index is 0.311. The molecule has 0 atom stereocenters. The molecule has 1 fully saturated rings. The molecule has 5 nitrogen and oxygen atoms in total. The molecule has 1 aromatic heterocycles. The van der Waals surface area contributed by atoms with Gasteiger partial charge in [0.25, 0.3) is 0 Å². The smallest absolute Gasteiger partial charge is 0.338 e. The normalized spacial score (nSPS) is 16.4. The summed E-state index contributed by atoms with van der Waals surface area (Å²) >= 11 is 0. The van der Waals surface area contributed by atoms with Crippen molar-refractivity contribution >= 4 is 11.8 Å². The summed E-state index contributed by atoms with van der Waals surface area (Å²) in [5, 5.41) is 3.23. The number of methoxy groups -OCH3 is 1. The molecule has 1 aromatic rings. The highest BCUT2D eigenvalue weighted by Gasteiger charge is 2.20. The number of nitrogens with zero attached hydrogens (tertiary/aromatic N) is 2. The zero-order valence-corrected chi connectivity index (χ0v) is 11.6. The van der Waals surface area contributed by atoms with E-state index in [1.54, 1.807) is 12.3 Å². The average molecular weight is 263 g/mol.